The predicted molar refractivity (Wildman–Crippen MR) is 67.9 cm³/mol. The minimum absolute atomic E-state index is 0.0196. The Morgan fingerprint density at radius 2 is 2.22 bits per heavy atom. The molecule has 0 spiro atoms. The summed E-state index contributed by atoms with van der Waals surface area (Å²) in [5.41, 5.74) is 6.08. The van der Waals surface area contributed by atoms with E-state index in [0.717, 1.165) is 19.5 Å². The number of hydrogen-bond donors (Lipinski definition) is 2. The Morgan fingerprint density at radius 3 is 2.78 bits per heavy atom. The quantitative estimate of drug-likeness (QED) is 0.702. The van der Waals surface area contributed by atoms with E-state index in [9.17, 15) is 9.59 Å². The van der Waals surface area contributed by atoms with Crippen molar-refractivity contribution in [1.29, 1.82) is 0 Å². The number of hydrogen-bond acceptors (Lipinski definition) is 4. The van der Waals surface area contributed by atoms with Crippen molar-refractivity contribution in [3.63, 3.8) is 0 Å². The number of likely N-dealkylation sites (tertiary alicyclic amines) is 1. The lowest BCUT2D eigenvalue weighted by Crippen LogP contribution is -2.54. The van der Waals surface area contributed by atoms with Crippen molar-refractivity contribution in [1.82, 2.24) is 15.1 Å². The molecule has 0 radical (unpaired) electrons. The van der Waals surface area contributed by atoms with E-state index in [4.69, 9.17) is 5.73 Å². The normalized spacial score (nSPS) is 28.3. The number of piperidine rings is 1. The number of carbonyl (C=O) groups is 2. The first-order chi connectivity index (χ1) is 8.40. The van der Waals surface area contributed by atoms with Gasteiger partial charge in [-0.15, -0.1) is 0 Å². The van der Waals surface area contributed by atoms with Crippen LogP contribution < -0.4 is 11.1 Å². The summed E-state index contributed by atoms with van der Waals surface area (Å²) in [6.45, 7) is 7.22. The van der Waals surface area contributed by atoms with Gasteiger partial charge in [-0.25, -0.2) is 4.79 Å². The smallest absolute Gasteiger partial charge is 0.324 e. The highest BCUT2D eigenvalue weighted by atomic mass is 16.2. The van der Waals surface area contributed by atoms with Crippen LogP contribution in [0.4, 0.5) is 4.79 Å². The molecule has 2 rings (SSSR count). The molecule has 2 saturated heterocycles. The highest BCUT2D eigenvalue weighted by Crippen LogP contribution is 2.27. The van der Waals surface area contributed by atoms with Gasteiger partial charge < -0.3 is 11.1 Å². The third-order valence-electron chi connectivity index (χ3n) is 3.91. The van der Waals surface area contributed by atoms with Gasteiger partial charge >= 0.3 is 6.03 Å². The Labute approximate surface area is 107 Å². The van der Waals surface area contributed by atoms with E-state index in [0.29, 0.717) is 19.6 Å². The summed E-state index contributed by atoms with van der Waals surface area (Å²) < 4.78 is 0. The van der Waals surface area contributed by atoms with E-state index in [-0.39, 0.29) is 23.4 Å². The third-order valence-corrected chi connectivity index (χ3v) is 3.91. The van der Waals surface area contributed by atoms with Crippen LogP contribution in [0.3, 0.4) is 0 Å². The average molecular weight is 254 g/mol. The van der Waals surface area contributed by atoms with E-state index in [1.807, 2.05) is 0 Å². The van der Waals surface area contributed by atoms with Crippen molar-refractivity contribution in [2.75, 3.05) is 32.7 Å². The molecule has 6 heteroatoms. The predicted octanol–water partition coefficient (Wildman–Crippen LogP) is -0.403. The molecule has 2 aliphatic rings. The molecule has 0 aromatic heterocycles. The minimum Gasteiger partial charge on any atom is -0.336 e. The van der Waals surface area contributed by atoms with Crippen LogP contribution in [0.25, 0.3) is 0 Å². The van der Waals surface area contributed by atoms with Gasteiger partial charge in [0.25, 0.3) is 0 Å². The molecule has 0 aromatic rings. The third kappa shape index (κ3) is 2.64. The molecule has 6 nitrogen and oxygen atoms in total. The standard InChI is InChI=1S/C12H22N4O2/c1-12(2)8-15(5-3-9(12)13)7-10(17)16-6-4-14-11(16)18/h9H,3-8,13H2,1-2H3,(H,14,18). The first kappa shape index (κ1) is 13.3. The highest BCUT2D eigenvalue weighted by Gasteiger charge is 2.35. The Bertz CT molecular complexity index is 356. The molecule has 0 aliphatic carbocycles. The molecule has 2 aliphatic heterocycles. The maximum atomic E-state index is 12.0. The molecule has 1 unspecified atom stereocenters. The first-order valence-corrected chi connectivity index (χ1v) is 6.46. The number of nitrogens with two attached hydrogens (primary N) is 1. The number of carbonyl (C=O) groups excluding carboxylic acids is 2. The second-order valence-corrected chi connectivity index (χ2v) is 5.87. The fourth-order valence-corrected chi connectivity index (χ4v) is 2.61. The lowest BCUT2D eigenvalue weighted by molar-refractivity contribution is -0.129. The highest BCUT2D eigenvalue weighted by molar-refractivity contribution is 5.96. The molecule has 0 bridgehead atoms. The van der Waals surface area contributed by atoms with Crippen LogP contribution in [0.15, 0.2) is 0 Å². The van der Waals surface area contributed by atoms with Crippen molar-refractivity contribution in [2.24, 2.45) is 11.1 Å². The van der Waals surface area contributed by atoms with Crippen LogP contribution in [0.2, 0.25) is 0 Å². The maximum absolute atomic E-state index is 12.0. The van der Waals surface area contributed by atoms with Crippen molar-refractivity contribution >= 4 is 11.9 Å². The summed E-state index contributed by atoms with van der Waals surface area (Å²) >= 11 is 0. The number of urea groups is 1. The molecular weight excluding hydrogens is 232 g/mol. The second kappa shape index (κ2) is 4.85. The summed E-state index contributed by atoms with van der Waals surface area (Å²) in [6.07, 6.45) is 0.895. The number of rotatable bonds is 2. The Hall–Kier alpha value is -1.14. The molecule has 3 amide bonds. The number of imide groups is 1. The van der Waals surface area contributed by atoms with Crippen LogP contribution in [0.5, 0.6) is 0 Å². The zero-order chi connectivity index (χ0) is 13.3. The lowest BCUT2D eigenvalue weighted by atomic mass is 9.80. The van der Waals surface area contributed by atoms with Crippen LogP contribution in [0.1, 0.15) is 20.3 Å². The van der Waals surface area contributed by atoms with E-state index in [1.165, 1.54) is 4.90 Å². The minimum atomic E-state index is -0.270. The molecule has 1 atom stereocenters. The van der Waals surface area contributed by atoms with Crippen molar-refractivity contribution in [3.05, 3.63) is 0 Å². The Morgan fingerprint density at radius 1 is 1.50 bits per heavy atom. The molecule has 2 fully saturated rings. The van der Waals surface area contributed by atoms with Gasteiger partial charge in [0.1, 0.15) is 0 Å². The van der Waals surface area contributed by atoms with Crippen LogP contribution in [0, 0.1) is 5.41 Å². The monoisotopic (exact) mass is 254 g/mol. The number of amides is 3. The number of nitrogens with one attached hydrogen (secondary N) is 1. The lowest BCUT2D eigenvalue weighted by Gasteiger charge is -2.42. The van der Waals surface area contributed by atoms with Crippen molar-refractivity contribution in [2.45, 2.75) is 26.3 Å². The summed E-state index contributed by atoms with van der Waals surface area (Å²) in [7, 11) is 0. The fourth-order valence-electron chi connectivity index (χ4n) is 2.61. The van der Waals surface area contributed by atoms with Crippen LogP contribution in [-0.4, -0.2) is 60.5 Å². The van der Waals surface area contributed by atoms with E-state index in [1.54, 1.807) is 0 Å². The zero-order valence-corrected chi connectivity index (χ0v) is 11.1. The van der Waals surface area contributed by atoms with Crippen molar-refractivity contribution in [3.8, 4) is 0 Å². The largest absolute Gasteiger partial charge is 0.336 e. The average Bonchev–Trinajstić information content (AvgIpc) is 2.69. The first-order valence-electron chi connectivity index (χ1n) is 6.46. The molecular formula is C12H22N4O2. The second-order valence-electron chi connectivity index (χ2n) is 5.87. The Kier molecular flexibility index (Phi) is 3.59. The van der Waals surface area contributed by atoms with Gasteiger partial charge in [0.05, 0.1) is 6.54 Å². The van der Waals surface area contributed by atoms with Gasteiger partial charge in [-0.3, -0.25) is 14.6 Å². The van der Waals surface area contributed by atoms with Gasteiger partial charge in [0.15, 0.2) is 0 Å². The van der Waals surface area contributed by atoms with Crippen LogP contribution >= 0.6 is 0 Å². The SMILES string of the molecule is CC1(C)CN(CC(=O)N2CCNC2=O)CCC1N. The summed E-state index contributed by atoms with van der Waals surface area (Å²) in [5, 5.41) is 2.64. The van der Waals surface area contributed by atoms with Crippen molar-refractivity contribution < 1.29 is 9.59 Å². The molecule has 2 heterocycles. The molecule has 18 heavy (non-hydrogen) atoms. The molecule has 0 saturated carbocycles. The van der Waals surface area contributed by atoms with Gasteiger partial charge in [-0.05, 0) is 11.8 Å². The van der Waals surface area contributed by atoms with Gasteiger partial charge in [-0.2, -0.15) is 0 Å². The summed E-state index contributed by atoms with van der Waals surface area (Å²) in [5.74, 6) is -0.115. The van der Waals surface area contributed by atoms with Gasteiger partial charge in [0.2, 0.25) is 5.91 Å². The molecule has 0 aromatic carbocycles. The summed E-state index contributed by atoms with van der Waals surface area (Å²) in [6, 6.07) is -0.0908. The number of nitrogens with zero attached hydrogens (tertiary/aromatic N) is 2. The van der Waals surface area contributed by atoms with Gasteiger partial charge in [-0.1, -0.05) is 13.8 Å². The molecule has 102 valence electrons. The topological polar surface area (TPSA) is 78.7 Å². The molecule has 3 N–H and O–H groups in total. The van der Waals surface area contributed by atoms with Gasteiger partial charge in [0, 0.05) is 32.2 Å². The van der Waals surface area contributed by atoms with Crippen LogP contribution in [-0.2, 0) is 4.79 Å². The Balaban J connectivity index is 1.90. The summed E-state index contributed by atoms with van der Waals surface area (Å²) in [4.78, 5) is 26.8. The van der Waals surface area contributed by atoms with E-state index >= 15 is 0 Å². The van der Waals surface area contributed by atoms with E-state index < -0.39 is 0 Å². The maximum Gasteiger partial charge on any atom is 0.324 e. The van der Waals surface area contributed by atoms with E-state index in [2.05, 4.69) is 24.1 Å². The fraction of sp³-hybridized carbons (Fsp3) is 0.833. The zero-order valence-electron chi connectivity index (χ0n) is 11.1.